The highest BCUT2D eigenvalue weighted by atomic mass is 16.2. The highest BCUT2D eigenvalue weighted by Gasteiger charge is 2.37. The molecule has 2 atom stereocenters. The van der Waals surface area contributed by atoms with E-state index in [1.807, 2.05) is 4.90 Å². The molecule has 0 radical (unpaired) electrons. The Morgan fingerprint density at radius 3 is 2.67 bits per heavy atom. The van der Waals surface area contributed by atoms with Crippen LogP contribution in [0.1, 0.15) is 33.1 Å². The summed E-state index contributed by atoms with van der Waals surface area (Å²) in [6.45, 7) is 4.43. The molecule has 2 aliphatic rings. The molecule has 1 saturated heterocycles. The predicted molar refractivity (Wildman–Crippen MR) is 56.1 cm³/mol. The lowest BCUT2D eigenvalue weighted by Gasteiger charge is -2.29. The van der Waals surface area contributed by atoms with Crippen LogP contribution in [0.15, 0.2) is 0 Å². The summed E-state index contributed by atoms with van der Waals surface area (Å²) in [4.78, 5) is 25.2. The van der Waals surface area contributed by atoms with Crippen LogP contribution in [0.3, 0.4) is 0 Å². The van der Waals surface area contributed by atoms with Crippen LogP contribution in [0.4, 0.5) is 0 Å². The summed E-state index contributed by atoms with van der Waals surface area (Å²) in [5.74, 6) is 0.718. The van der Waals surface area contributed by atoms with E-state index in [1.54, 1.807) is 6.92 Å². The molecule has 2 rings (SSSR count). The molecule has 84 valence electrons. The molecule has 4 nitrogen and oxygen atoms in total. The van der Waals surface area contributed by atoms with Crippen molar-refractivity contribution >= 4 is 11.8 Å². The summed E-state index contributed by atoms with van der Waals surface area (Å²) >= 11 is 0. The Bertz CT molecular complexity index is 286. The quantitative estimate of drug-likeness (QED) is 0.722. The molecule has 1 saturated carbocycles. The van der Waals surface area contributed by atoms with Crippen LogP contribution < -0.4 is 5.32 Å². The van der Waals surface area contributed by atoms with Gasteiger partial charge in [0.05, 0.1) is 0 Å². The van der Waals surface area contributed by atoms with Crippen LogP contribution in [0, 0.1) is 5.92 Å². The number of rotatable bonds is 2. The standard InChI is InChI=1S/C11H18N2O2/c1-7-11(15)13(6-5-10(14)12-7)8(2)9-3-4-9/h7-9H,3-6H2,1-2H3,(H,12,14). The van der Waals surface area contributed by atoms with Crippen molar-refractivity contribution in [1.29, 1.82) is 0 Å². The van der Waals surface area contributed by atoms with Crippen molar-refractivity contribution in [2.75, 3.05) is 6.54 Å². The smallest absolute Gasteiger partial charge is 0.245 e. The lowest BCUT2D eigenvalue weighted by atomic mass is 10.1. The highest BCUT2D eigenvalue weighted by molar-refractivity contribution is 5.89. The van der Waals surface area contributed by atoms with E-state index >= 15 is 0 Å². The van der Waals surface area contributed by atoms with E-state index < -0.39 is 0 Å². The van der Waals surface area contributed by atoms with Gasteiger partial charge >= 0.3 is 0 Å². The lowest BCUT2D eigenvalue weighted by Crippen LogP contribution is -2.46. The first kappa shape index (κ1) is 10.5. The van der Waals surface area contributed by atoms with Crippen molar-refractivity contribution in [2.45, 2.75) is 45.2 Å². The van der Waals surface area contributed by atoms with Gasteiger partial charge in [0.25, 0.3) is 0 Å². The lowest BCUT2D eigenvalue weighted by molar-refractivity contribution is -0.135. The maximum Gasteiger partial charge on any atom is 0.245 e. The van der Waals surface area contributed by atoms with Gasteiger partial charge < -0.3 is 10.2 Å². The maximum atomic E-state index is 12.0. The van der Waals surface area contributed by atoms with E-state index in [2.05, 4.69) is 12.2 Å². The minimum atomic E-state index is -0.360. The third-order valence-corrected chi connectivity index (χ3v) is 3.41. The fourth-order valence-electron chi connectivity index (χ4n) is 2.19. The molecule has 0 aromatic carbocycles. The number of nitrogens with zero attached hydrogens (tertiary/aromatic N) is 1. The molecule has 1 aliphatic heterocycles. The van der Waals surface area contributed by atoms with Crippen LogP contribution in [0.2, 0.25) is 0 Å². The Balaban J connectivity index is 2.08. The Hall–Kier alpha value is -1.06. The number of nitrogens with one attached hydrogen (secondary N) is 1. The summed E-state index contributed by atoms with van der Waals surface area (Å²) in [5, 5.41) is 2.71. The highest BCUT2D eigenvalue weighted by Crippen LogP contribution is 2.35. The average molecular weight is 210 g/mol. The first-order valence-corrected chi connectivity index (χ1v) is 5.69. The van der Waals surface area contributed by atoms with Crippen molar-refractivity contribution < 1.29 is 9.59 Å². The molecule has 0 bridgehead atoms. The summed E-state index contributed by atoms with van der Waals surface area (Å²) in [6, 6.07) is -0.0613. The van der Waals surface area contributed by atoms with Gasteiger partial charge in [-0.2, -0.15) is 0 Å². The first-order chi connectivity index (χ1) is 7.09. The normalized spacial score (nSPS) is 29.7. The van der Waals surface area contributed by atoms with Gasteiger partial charge in [0.15, 0.2) is 0 Å². The minimum absolute atomic E-state index is 0.0126. The van der Waals surface area contributed by atoms with Crippen LogP contribution >= 0.6 is 0 Å². The topological polar surface area (TPSA) is 49.4 Å². The van der Waals surface area contributed by atoms with Crippen LogP contribution in [0.5, 0.6) is 0 Å². The molecule has 2 unspecified atom stereocenters. The second-order valence-corrected chi connectivity index (χ2v) is 4.65. The molecule has 0 aromatic heterocycles. The summed E-state index contributed by atoms with van der Waals surface area (Å²) in [7, 11) is 0. The molecule has 1 heterocycles. The summed E-state index contributed by atoms with van der Waals surface area (Å²) in [5.41, 5.74) is 0. The van der Waals surface area contributed by atoms with E-state index in [4.69, 9.17) is 0 Å². The van der Waals surface area contributed by atoms with Crippen molar-refractivity contribution in [3.8, 4) is 0 Å². The average Bonchev–Trinajstić information content (AvgIpc) is 2.99. The number of carbonyl (C=O) groups is 2. The van der Waals surface area contributed by atoms with Crippen molar-refractivity contribution in [3.63, 3.8) is 0 Å². The first-order valence-electron chi connectivity index (χ1n) is 5.69. The van der Waals surface area contributed by atoms with Gasteiger partial charge in [-0.25, -0.2) is 0 Å². The molecular weight excluding hydrogens is 192 g/mol. The number of amides is 2. The van der Waals surface area contributed by atoms with E-state index in [9.17, 15) is 9.59 Å². The van der Waals surface area contributed by atoms with Gasteiger partial charge in [-0.1, -0.05) is 0 Å². The molecule has 0 spiro atoms. The van der Waals surface area contributed by atoms with E-state index in [-0.39, 0.29) is 17.9 Å². The second kappa shape index (κ2) is 3.83. The van der Waals surface area contributed by atoms with E-state index in [0.29, 0.717) is 24.9 Å². The van der Waals surface area contributed by atoms with Crippen LogP contribution in [0.25, 0.3) is 0 Å². The molecule has 1 aliphatic carbocycles. The molecular formula is C11H18N2O2. The van der Waals surface area contributed by atoms with Crippen molar-refractivity contribution in [2.24, 2.45) is 5.92 Å². The molecule has 0 aromatic rings. The van der Waals surface area contributed by atoms with Gasteiger partial charge in [0.1, 0.15) is 6.04 Å². The molecule has 1 N–H and O–H groups in total. The summed E-state index contributed by atoms with van der Waals surface area (Å²) < 4.78 is 0. The third kappa shape index (κ3) is 2.13. The Labute approximate surface area is 90.0 Å². The Morgan fingerprint density at radius 1 is 1.40 bits per heavy atom. The van der Waals surface area contributed by atoms with Gasteiger partial charge in [0.2, 0.25) is 11.8 Å². The Morgan fingerprint density at radius 2 is 2.07 bits per heavy atom. The van der Waals surface area contributed by atoms with Crippen molar-refractivity contribution in [3.05, 3.63) is 0 Å². The second-order valence-electron chi connectivity index (χ2n) is 4.65. The van der Waals surface area contributed by atoms with E-state index in [0.717, 1.165) is 0 Å². The number of carbonyl (C=O) groups excluding carboxylic acids is 2. The zero-order chi connectivity index (χ0) is 11.0. The van der Waals surface area contributed by atoms with Gasteiger partial charge in [-0.3, -0.25) is 9.59 Å². The zero-order valence-electron chi connectivity index (χ0n) is 9.32. The van der Waals surface area contributed by atoms with Crippen molar-refractivity contribution in [1.82, 2.24) is 10.2 Å². The van der Waals surface area contributed by atoms with E-state index in [1.165, 1.54) is 12.8 Å². The van der Waals surface area contributed by atoms with Crippen LogP contribution in [-0.2, 0) is 9.59 Å². The zero-order valence-corrected chi connectivity index (χ0v) is 9.32. The SMILES string of the molecule is CC1NC(=O)CCN(C(C)C2CC2)C1=O. The number of hydrogen-bond donors (Lipinski definition) is 1. The monoisotopic (exact) mass is 210 g/mol. The molecule has 2 fully saturated rings. The Kier molecular flexibility index (Phi) is 2.67. The molecule has 2 amide bonds. The van der Waals surface area contributed by atoms with Gasteiger partial charge in [-0.15, -0.1) is 0 Å². The minimum Gasteiger partial charge on any atom is -0.345 e. The van der Waals surface area contributed by atoms with Gasteiger partial charge in [-0.05, 0) is 32.6 Å². The molecule has 15 heavy (non-hydrogen) atoms. The maximum absolute atomic E-state index is 12.0. The predicted octanol–water partition coefficient (Wildman–Crippen LogP) is 0.522. The fourth-order valence-corrected chi connectivity index (χ4v) is 2.19. The fraction of sp³-hybridized carbons (Fsp3) is 0.818. The van der Waals surface area contributed by atoms with Crippen LogP contribution in [-0.4, -0.2) is 35.3 Å². The summed E-state index contributed by atoms with van der Waals surface area (Å²) in [6.07, 6.45) is 2.88. The third-order valence-electron chi connectivity index (χ3n) is 3.41. The molecule has 4 heteroatoms. The number of hydrogen-bond acceptors (Lipinski definition) is 2. The van der Waals surface area contributed by atoms with Gasteiger partial charge in [0, 0.05) is 19.0 Å². The largest absolute Gasteiger partial charge is 0.345 e.